The van der Waals surface area contributed by atoms with E-state index in [2.05, 4.69) is 20.7 Å². The lowest BCUT2D eigenvalue weighted by molar-refractivity contribution is 0.619. The molecule has 88 valence electrons. The van der Waals surface area contributed by atoms with Gasteiger partial charge in [-0.3, -0.25) is 5.43 Å². The molecular formula is C10H9ClFN5. The highest BCUT2D eigenvalue weighted by atomic mass is 35.5. The van der Waals surface area contributed by atoms with Crippen LogP contribution < -0.4 is 16.6 Å². The van der Waals surface area contributed by atoms with Gasteiger partial charge in [0.25, 0.3) is 0 Å². The van der Waals surface area contributed by atoms with Gasteiger partial charge in [-0.2, -0.15) is 4.98 Å². The zero-order chi connectivity index (χ0) is 12.3. The number of nitrogens with one attached hydrogen (secondary N) is 2. The Balaban J connectivity index is 2.25. The molecule has 1 heterocycles. The number of halogens is 2. The maximum absolute atomic E-state index is 13.4. The third kappa shape index (κ3) is 2.80. The molecule has 0 saturated carbocycles. The minimum Gasteiger partial charge on any atom is -0.338 e. The summed E-state index contributed by atoms with van der Waals surface area (Å²) < 4.78 is 13.4. The Labute approximate surface area is 102 Å². The molecule has 0 aliphatic carbocycles. The minimum atomic E-state index is -0.570. The fourth-order valence-corrected chi connectivity index (χ4v) is 1.32. The third-order valence-electron chi connectivity index (χ3n) is 1.98. The van der Waals surface area contributed by atoms with Crippen molar-refractivity contribution >= 4 is 29.1 Å². The van der Waals surface area contributed by atoms with E-state index in [-0.39, 0.29) is 11.8 Å². The molecule has 0 unspecified atom stereocenters. The van der Waals surface area contributed by atoms with Crippen LogP contribution in [0.5, 0.6) is 0 Å². The summed E-state index contributed by atoms with van der Waals surface area (Å²) in [5.41, 5.74) is 2.90. The molecule has 1 aromatic carbocycles. The van der Waals surface area contributed by atoms with Gasteiger partial charge in [-0.25, -0.2) is 15.2 Å². The molecule has 5 nitrogen and oxygen atoms in total. The van der Waals surface area contributed by atoms with Crippen molar-refractivity contribution in [2.75, 3.05) is 10.7 Å². The third-order valence-corrected chi connectivity index (χ3v) is 2.23. The van der Waals surface area contributed by atoms with E-state index >= 15 is 0 Å². The predicted octanol–water partition coefficient (Wildman–Crippen LogP) is 2.30. The first-order chi connectivity index (χ1) is 8.19. The molecule has 17 heavy (non-hydrogen) atoms. The second-order valence-corrected chi connectivity index (χ2v) is 3.60. The number of hydrogen-bond donors (Lipinski definition) is 3. The lowest BCUT2D eigenvalue weighted by atomic mass is 10.3. The van der Waals surface area contributed by atoms with Gasteiger partial charge in [-0.05, 0) is 24.3 Å². The van der Waals surface area contributed by atoms with E-state index in [9.17, 15) is 4.39 Å². The Hall–Kier alpha value is -1.92. The summed E-state index contributed by atoms with van der Waals surface area (Å²) >= 11 is 5.74. The van der Waals surface area contributed by atoms with E-state index in [1.807, 2.05) is 0 Å². The molecule has 2 aromatic rings. The monoisotopic (exact) mass is 253 g/mol. The van der Waals surface area contributed by atoms with Gasteiger partial charge in [0.1, 0.15) is 0 Å². The minimum absolute atomic E-state index is 0.0373. The van der Waals surface area contributed by atoms with Crippen molar-refractivity contribution in [1.29, 1.82) is 0 Å². The highest BCUT2D eigenvalue weighted by molar-refractivity contribution is 6.30. The molecule has 2 rings (SSSR count). The second kappa shape index (κ2) is 4.94. The Morgan fingerprint density at radius 1 is 1.24 bits per heavy atom. The van der Waals surface area contributed by atoms with Crippen LogP contribution in [0, 0.1) is 5.82 Å². The van der Waals surface area contributed by atoms with Crippen molar-refractivity contribution in [1.82, 2.24) is 9.97 Å². The molecule has 0 aliphatic heterocycles. The van der Waals surface area contributed by atoms with Crippen LogP contribution in [0.2, 0.25) is 5.02 Å². The number of benzene rings is 1. The summed E-state index contributed by atoms with van der Waals surface area (Å²) in [5.74, 6) is 4.73. The smallest absolute Gasteiger partial charge is 0.239 e. The van der Waals surface area contributed by atoms with E-state index in [4.69, 9.17) is 17.4 Å². The number of rotatable bonds is 3. The molecule has 4 N–H and O–H groups in total. The number of hydrazine groups is 1. The highest BCUT2D eigenvalue weighted by Crippen LogP contribution is 2.20. The topological polar surface area (TPSA) is 75.9 Å². The molecule has 0 atom stereocenters. The fraction of sp³-hybridized carbons (Fsp3) is 0. The van der Waals surface area contributed by atoms with Gasteiger partial charge in [0, 0.05) is 10.7 Å². The average Bonchev–Trinajstić information content (AvgIpc) is 2.35. The summed E-state index contributed by atoms with van der Waals surface area (Å²) in [6.45, 7) is 0. The molecule has 0 spiro atoms. The van der Waals surface area contributed by atoms with E-state index in [1.54, 1.807) is 24.3 Å². The molecule has 0 fully saturated rings. The van der Waals surface area contributed by atoms with Crippen molar-refractivity contribution < 1.29 is 4.39 Å². The SMILES string of the molecule is NNc1ncc(F)c(Nc2ccc(Cl)cc2)n1. The number of hydrogen-bond acceptors (Lipinski definition) is 5. The summed E-state index contributed by atoms with van der Waals surface area (Å²) in [7, 11) is 0. The summed E-state index contributed by atoms with van der Waals surface area (Å²) in [6, 6.07) is 6.79. The Morgan fingerprint density at radius 2 is 1.94 bits per heavy atom. The van der Waals surface area contributed by atoms with Crippen molar-refractivity contribution in [3.63, 3.8) is 0 Å². The molecule has 0 saturated heterocycles. The van der Waals surface area contributed by atoms with E-state index < -0.39 is 5.82 Å². The average molecular weight is 254 g/mol. The Kier molecular flexibility index (Phi) is 3.36. The van der Waals surface area contributed by atoms with Gasteiger partial charge in [-0.1, -0.05) is 11.6 Å². The van der Waals surface area contributed by atoms with Crippen LogP contribution >= 0.6 is 11.6 Å². The van der Waals surface area contributed by atoms with Crippen LogP contribution in [0.3, 0.4) is 0 Å². The molecule has 1 aromatic heterocycles. The second-order valence-electron chi connectivity index (χ2n) is 3.17. The van der Waals surface area contributed by atoms with Gasteiger partial charge in [-0.15, -0.1) is 0 Å². The summed E-state index contributed by atoms with van der Waals surface area (Å²) in [5, 5.41) is 3.39. The number of aromatic nitrogens is 2. The first kappa shape index (κ1) is 11.6. The van der Waals surface area contributed by atoms with Crippen molar-refractivity contribution in [3.8, 4) is 0 Å². The van der Waals surface area contributed by atoms with Crippen molar-refractivity contribution in [2.24, 2.45) is 5.84 Å². The zero-order valence-corrected chi connectivity index (χ0v) is 9.37. The largest absolute Gasteiger partial charge is 0.338 e. The van der Waals surface area contributed by atoms with Gasteiger partial charge < -0.3 is 5.32 Å². The van der Waals surface area contributed by atoms with Gasteiger partial charge in [0.15, 0.2) is 11.6 Å². The lowest BCUT2D eigenvalue weighted by Gasteiger charge is -2.07. The first-order valence-electron chi connectivity index (χ1n) is 4.71. The van der Waals surface area contributed by atoms with E-state index in [0.717, 1.165) is 6.20 Å². The van der Waals surface area contributed by atoms with Crippen LogP contribution in [0.4, 0.5) is 21.8 Å². The van der Waals surface area contributed by atoms with Crippen molar-refractivity contribution in [2.45, 2.75) is 0 Å². The van der Waals surface area contributed by atoms with Crippen LogP contribution in [0.1, 0.15) is 0 Å². The molecule has 7 heteroatoms. The van der Waals surface area contributed by atoms with E-state index in [1.165, 1.54) is 0 Å². The van der Waals surface area contributed by atoms with Crippen LogP contribution in [0.25, 0.3) is 0 Å². The van der Waals surface area contributed by atoms with Crippen LogP contribution in [0.15, 0.2) is 30.5 Å². The van der Waals surface area contributed by atoms with Gasteiger partial charge in [0.05, 0.1) is 6.20 Å². The van der Waals surface area contributed by atoms with E-state index in [0.29, 0.717) is 10.7 Å². The molecule has 0 aliphatic rings. The van der Waals surface area contributed by atoms with Gasteiger partial charge in [0.2, 0.25) is 5.95 Å². The predicted molar refractivity (Wildman–Crippen MR) is 64.5 cm³/mol. The van der Waals surface area contributed by atoms with Crippen LogP contribution in [-0.4, -0.2) is 9.97 Å². The number of nitrogen functional groups attached to an aromatic ring is 1. The molecule has 0 amide bonds. The normalized spacial score (nSPS) is 10.1. The Morgan fingerprint density at radius 3 is 2.59 bits per heavy atom. The maximum Gasteiger partial charge on any atom is 0.239 e. The first-order valence-corrected chi connectivity index (χ1v) is 5.08. The molecule has 0 bridgehead atoms. The fourth-order valence-electron chi connectivity index (χ4n) is 1.19. The maximum atomic E-state index is 13.4. The standard InChI is InChI=1S/C10H9ClFN5/c11-6-1-3-7(4-2-6)15-9-8(12)5-14-10(16-9)17-13/h1-5H,13H2,(H2,14,15,16,17). The summed E-state index contributed by atoms with van der Waals surface area (Å²) in [6.07, 6.45) is 1.03. The van der Waals surface area contributed by atoms with Gasteiger partial charge >= 0.3 is 0 Å². The van der Waals surface area contributed by atoms with Crippen molar-refractivity contribution in [3.05, 3.63) is 41.3 Å². The Bertz CT molecular complexity index is 517. The summed E-state index contributed by atoms with van der Waals surface area (Å²) in [4.78, 5) is 7.47. The number of nitrogens with zero attached hydrogens (tertiary/aromatic N) is 2. The lowest BCUT2D eigenvalue weighted by Crippen LogP contribution is -2.11. The number of anilines is 3. The zero-order valence-electron chi connectivity index (χ0n) is 8.61. The quantitative estimate of drug-likeness (QED) is 0.578. The number of nitrogens with two attached hydrogens (primary N) is 1. The highest BCUT2D eigenvalue weighted by Gasteiger charge is 2.06. The molecular weight excluding hydrogens is 245 g/mol. The van der Waals surface area contributed by atoms with Crippen LogP contribution in [-0.2, 0) is 0 Å². The molecule has 0 radical (unpaired) electrons.